The highest BCUT2D eigenvalue weighted by molar-refractivity contribution is 5.82. The second-order valence-electron chi connectivity index (χ2n) is 6.81. The number of likely N-dealkylation sites (tertiary alicyclic amines) is 1. The fourth-order valence-electron chi connectivity index (χ4n) is 3.38. The molecule has 2 atom stereocenters. The number of hydrogen-bond acceptors (Lipinski definition) is 6. The Morgan fingerprint density at radius 3 is 2.92 bits per heavy atom. The van der Waals surface area contributed by atoms with Crippen molar-refractivity contribution in [2.24, 2.45) is 0 Å². The van der Waals surface area contributed by atoms with Gasteiger partial charge in [-0.15, -0.1) is 0 Å². The zero-order valence-electron chi connectivity index (χ0n) is 14.8. The van der Waals surface area contributed by atoms with E-state index in [1.807, 2.05) is 37.0 Å². The van der Waals surface area contributed by atoms with Crippen LogP contribution in [-0.4, -0.2) is 79.1 Å². The monoisotopic (exact) mass is 333 g/mol. The van der Waals surface area contributed by atoms with Crippen LogP contribution >= 0.6 is 0 Å². The summed E-state index contributed by atoms with van der Waals surface area (Å²) in [7, 11) is 5.87. The summed E-state index contributed by atoms with van der Waals surface area (Å²) in [6.45, 7) is 2.77. The Labute approximate surface area is 143 Å². The van der Waals surface area contributed by atoms with E-state index in [0.29, 0.717) is 25.6 Å². The van der Waals surface area contributed by atoms with Crippen molar-refractivity contribution in [3.05, 3.63) is 18.0 Å². The van der Waals surface area contributed by atoms with Crippen molar-refractivity contribution in [1.29, 1.82) is 0 Å². The number of likely N-dealkylation sites (N-methyl/N-ethyl adjacent to an activating group) is 1. The number of amides is 1. The first-order valence-corrected chi connectivity index (χ1v) is 8.67. The van der Waals surface area contributed by atoms with Crippen LogP contribution in [0.4, 0.5) is 5.95 Å². The first kappa shape index (κ1) is 17.1. The van der Waals surface area contributed by atoms with Crippen molar-refractivity contribution < 1.29 is 9.53 Å². The fourth-order valence-corrected chi connectivity index (χ4v) is 3.38. The number of rotatable bonds is 3. The second-order valence-corrected chi connectivity index (χ2v) is 6.81. The van der Waals surface area contributed by atoms with Crippen LogP contribution in [0.5, 0.6) is 0 Å². The number of carbonyl (C=O) groups excluding carboxylic acids is 1. The third-order valence-electron chi connectivity index (χ3n) is 4.83. The molecule has 0 saturated carbocycles. The molecular weight excluding hydrogens is 306 g/mol. The van der Waals surface area contributed by atoms with Gasteiger partial charge >= 0.3 is 0 Å². The van der Waals surface area contributed by atoms with Crippen LogP contribution in [0.3, 0.4) is 0 Å². The summed E-state index contributed by atoms with van der Waals surface area (Å²) in [5, 5.41) is 0. The Hall–Kier alpha value is -1.73. The van der Waals surface area contributed by atoms with E-state index in [1.165, 1.54) is 6.42 Å². The second kappa shape index (κ2) is 7.44. The van der Waals surface area contributed by atoms with E-state index in [1.54, 1.807) is 6.20 Å². The number of carbonyl (C=O) groups is 1. The highest BCUT2D eigenvalue weighted by Gasteiger charge is 2.33. The van der Waals surface area contributed by atoms with Gasteiger partial charge in [0.15, 0.2) is 0 Å². The summed E-state index contributed by atoms with van der Waals surface area (Å²) in [4.78, 5) is 27.7. The summed E-state index contributed by atoms with van der Waals surface area (Å²) in [6.07, 6.45) is 4.83. The molecule has 3 rings (SSSR count). The summed E-state index contributed by atoms with van der Waals surface area (Å²) in [5.41, 5.74) is 0.836. The molecule has 2 saturated heterocycles. The van der Waals surface area contributed by atoms with Gasteiger partial charge in [0, 0.05) is 26.8 Å². The Balaban J connectivity index is 1.70. The van der Waals surface area contributed by atoms with Gasteiger partial charge in [0.1, 0.15) is 6.10 Å². The third kappa shape index (κ3) is 3.67. The lowest BCUT2D eigenvalue weighted by molar-refractivity contribution is -0.145. The minimum Gasteiger partial charge on any atom is -0.368 e. The third-order valence-corrected chi connectivity index (χ3v) is 4.83. The number of anilines is 1. The van der Waals surface area contributed by atoms with Gasteiger partial charge in [0.05, 0.1) is 24.9 Å². The number of hydrogen-bond donors (Lipinski definition) is 0. The van der Waals surface area contributed by atoms with Crippen molar-refractivity contribution in [1.82, 2.24) is 19.8 Å². The topological polar surface area (TPSA) is 61.8 Å². The molecule has 0 radical (unpaired) electrons. The molecule has 1 aromatic heterocycles. The van der Waals surface area contributed by atoms with Crippen LogP contribution in [0, 0.1) is 0 Å². The van der Waals surface area contributed by atoms with E-state index in [0.717, 1.165) is 25.1 Å². The highest BCUT2D eigenvalue weighted by atomic mass is 16.5. The molecule has 1 amide bonds. The lowest BCUT2D eigenvalue weighted by Crippen LogP contribution is -2.52. The summed E-state index contributed by atoms with van der Waals surface area (Å²) in [6, 6.07) is 1.89. The van der Waals surface area contributed by atoms with Crippen molar-refractivity contribution >= 4 is 11.9 Å². The van der Waals surface area contributed by atoms with Crippen molar-refractivity contribution in [2.45, 2.75) is 31.4 Å². The van der Waals surface area contributed by atoms with Crippen LogP contribution in [0.15, 0.2) is 12.3 Å². The molecule has 7 nitrogen and oxygen atoms in total. The minimum atomic E-state index is -0.182. The minimum absolute atomic E-state index is 0.0141. The molecule has 1 aromatic rings. The zero-order chi connectivity index (χ0) is 17.1. The molecule has 24 heavy (non-hydrogen) atoms. The van der Waals surface area contributed by atoms with Crippen LogP contribution in [0.2, 0.25) is 0 Å². The molecule has 0 unspecified atom stereocenters. The predicted molar refractivity (Wildman–Crippen MR) is 91.9 cm³/mol. The largest absolute Gasteiger partial charge is 0.368 e. The highest BCUT2D eigenvalue weighted by Crippen LogP contribution is 2.24. The lowest BCUT2D eigenvalue weighted by atomic mass is 10.0. The van der Waals surface area contributed by atoms with Gasteiger partial charge < -0.3 is 14.5 Å². The smallest absolute Gasteiger partial charge is 0.240 e. The predicted octanol–water partition coefficient (Wildman–Crippen LogP) is 0.927. The Kier molecular flexibility index (Phi) is 5.30. The number of piperidine rings is 1. The molecule has 2 aliphatic heterocycles. The maximum absolute atomic E-state index is 12.9. The summed E-state index contributed by atoms with van der Waals surface area (Å²) < 4.78 is 5.88. The van der Waals surface area contributed by atoms with Gasteiger partial charge in [0.2, 0.25) is 11.9 Å². The molecule has 0 spiro atoms. The van der Waals surface area contributed by atoms with Gasteiger partial charge in [-0.3, -0.25) is 9.69 Å². The van der Waals surface area contributed by atoms with Gasteiger partial charge in [-0.05, 0) is 32.5 Å². The zero-order valence-corrected chi connectivity index (χ0v) is 14.8. The van der Waals surface area contributed by atoms with Crippen LogP contribution in [0.25, 0.3) is 0 Å². The Bertz CT molecular complexity index is 580. The van der Waals surface area contributed by atoms with Gasteiger partial charge in [-0.25, -0.2) is 9.97 Å². The first-order valence-electron chi connectivity index (χ1n) is 8.67. The maximum atomic E-state index is 12.9. The van der Waals surface area contributed by atoms with E-state index in [2.05, 4.69) is 14.9 Å². The molecule has 0 bridgehead atoms. The summed E-state index contributed by atoms with van der Waals surface area (Å²) >= 11 is 0. The number of ether oxygens (including phenoxy) is 1. The SMILES string of the molecule is CN(C)c1nccc([C@H]2CN(C(=O)[C@H]3CCCCN3C)CCO2)n1. The van der Waals surface area contributed by atoms with E-state index < -0.39 is 0 Å². The fraction of sp³-hybridized carbons (Fsp3) is 0.706. The number of nitrogens with zero attached hydrogens (tertiary/aromatic N) is 5. The van der Waals surface area contributed by atoms with Gasteiger partial charge in [0.25, 0.3) is 0 Å². The Morgan fingerprint density at radius 2 is 2.17 bits per heavy atom. The van der Waals surface area contributed by atoms with Crippen molar-refractivity contribution in [3.8, 4) is 0 Å². The van der Waals surface area contributed by atoms with Gasteiger partial charge in [-0.1, -0.05) is 6.42 Å². The first-order chi connectivity index (χ1) is 11.6. The molecule has 3 heterocycles. The number of morpholine rings is 1. The van der Waals surface area contributed by atoms with Crippen molar-refractivity contribution in [2.75, 3.05) is 52.3 Å². The van der Waals surface area contributed by atoms with E-state index in [9.17, 15) is 4.79 Å². The molecule has 2 aliphatic rings. The van der Waals surface area contributed by atoms with E-state index in [4.69, 9.17) is 4.74 Å². The quantitative estimate of drug-likeness (QED) is 0.820. The van der Waals surface area contributed by atoms with Crippen molar-refractivity contribution in [3.63, 3.8) is 0 Å². The lowest BCUT2D eigenvalue weighted by Gasteiger charge is -2.38. The molecule has 0 aromatic carbocycles. The average Bonchev–Trinajstić information content (AvgIpc) is 2.62. The normalized spacial score (nSPS) is 25.5. The molecule has 132 valence electrons. The van der Waals surface area contributed by atoms with Crippen LogP contribution in [0.1, 0.15) is 31.1 Å². The molecule has 0 aliphatic carbocycles. The van der Waals surface area contributed by atoms with E-state index >= 15 is 0 Å². The molecule has 7 heteroatoms. The van der Waals surface area contributed by atoms with E-state index in [-0.39, 0.29) is 18.1 Å². The standard InChI is InChI=1S/C17H27N5O2/c1-20(2)17-18-8-7-13(19-17)15-12-22(10-11-24-15)16(23)14-6-4-5-9-21(14)3/h7-8,14-15H,4-6,9-12H2,1-3H3/t14-,15-/m1/s1. The summed E-state index contributed by atoms with van der Waals surface area (Å²) in [5.74, 6) is 0.888. The molecule has 2 fully saturated rings. The van der Waals surface area contributed by atoms with Crippen LogP contribution in [-0.2, 0) is 9.53 Å². The molecule has 0 N–H and O–H groups in total. The molecular formula is C17H27N5O2. The number of aromatic nitrogens is 2. The average molecular weight is 333 g/mol. The van der Waals surface area contributed by atoms with Crippen LogP contribution < -0.4 is 4.90 Å². The maximum Gasteiger partial charge on any atom is 0.240 e. The Morgan fingerprint density at radius 1 is 1.33 bits per heavy atom. The van der Waals surface area contributed by atoms with Gasteiger partial charge in [-0.2, -0.15) is 0 Å².